The molecule has 1 N–H and O–H groups in total. The number of hydrogen-bond acceptors (Lipinski definition) is 4. The molecule has 1 aromatic carbocycles. The Morgan fingerprint density at radius 3 is 2.50 bits per heavy atom. The van der Waals surface area contributed by atoms with Crippen LogP contribution in [0.2, 0.25) is 0 Å². The zero-order valence-electron chi connectivity index (χ0n) is 13.0. The highest BCUT2D eigenvalue weighted by Crippen LogP contribution is 2.18. The molecule has 1 fully saturated rings. The SMILES string of the molecule is O=CN1CCN(c2ccnc(C(=O)Nc3ccc(Br)cc3)c2)CC1. The lowest BCUT2D eigenvalue weighted by Gasteiger charge is -2.34. The predicted octanol–water partition coefficient (Wildman–Crippen LogP) is 2.37. The summed E-state index contributed by atoms with van der Waals surface area (Å²) in [4.78, 5) is 31.2. The number of amides is 2. The van der Waals surface area contributed by atoms with Gasteiger partial charge in [-0.3, -0.25) is 14.6 Å². The summed E-state index contributed by atoms with van der Waals surface area (Å²) in [5, 5.41) is 2.84. The average Bonchev–Trinajstić information content (AvgIpc) is 2.64. The minimum absolute atomic E-state index is 0.245. The normalized spacial score (nSPS) is 14.4. The molecule has 0 saturated carbocycles. The number of hydrogen-bond donors (Lipinski definition) is 1. The van der Waals surface area contributed by atoms with Gasteiger partial charge in [-0.05, 0) is 36.4 Å². The van der Waals surface area contributed by atoms with E-state index in [0.29, 0.717) is 18.8 Å². The van der Waals surface area contributed by atoms with E-state index in [0.717, 1.165) is 35.3 Å². The molecule has 3 rings (SSSR count). The molecule has 2 aromatic rings. The van der Waals surface area contributed by atoms with Gasteiger partial charge in [0, 0.05) is 48.2 Å². The second kappa shape index (κ2) is 7.44. The van der Waals surface area contributed by atoms with Crippen LogP contribution in [0.4, 0.5) is 11.4 Å². The number of nitrogens with zero attached hydrogens (tertiary/aromatic N) is 3. The van der Waals surface area contributed by atoms with E-state index in [1.165, 1.54) is 0 Å². The Labute approximate surface area is 148 Å². The fourth-order valence-corrected chi connectivity index (χ4v) is 2.82. The van der Waals surface area contributed by atoms with E-state index in [4.69, 9.17) is 0 Å². The molecule has 7 heteroatoms. The first-order valence-electron chi connectivity index (χ1n) is 7.63. The van der Waals surface area contributed by atoms with Crippen molar-refractivity contribution in [3.63, 3.8) is 0 Å². The quantitative estimate of drug-likeness (QED) is 0.816. The highest BCUT2D eigenvalue weighted by atomic mass is 79.9. The number of nitrogens with one attached hydrogen (secondary N) is 1. The molecule has 1 aliphatic heterocycles. The molecular formula is C17H17BrN4O2. The molecule has 1 aromatic heterocycles. The summed E-state index contributed by atoms with van der Waals surface area (Å²) >= 11 is 3.36. The highest BCUT2D eigenvalue weighted by Gasteiger charge is 2.17. The molecule has 24 heavy (non-hydrogen) atoms. The second-order valence-corrected chi connectivity index (χ2v) is 6.40. The van der Waals surface area contributed by atoms with E-state index in [2.05, 4.69) is 31.1 Å². The average molecular weight is 389 g/mol. The lowest BCUT2D eigenvalue weighted by Crippen LogP contribution is -2.45. The van der Waals surface area contributed by atoms with Crippen molar-refractivity contribution in [2.75, 3.05) is 36.4 Å². The summed E-state index contributed by atoms with van der Waals surface area (Å²) in [6, 6.07) is 11.0. The number of carbonyl (C=O) groups is 2. The fraction of sp³-hybridized carbons (Fsp3) is 0.235. The molecule has 0 atom stereocenters. The summed E-state index contributed by atoms with van der Waals surface area (Å²) in [7, 11) is 0. The Bertz CT molecular complexity index is 728. The fourth-order valence-electron chi connectivity index (χ4n) is 2.55. The van der Waals surface area contributed by atoms with Crippen molar-refractivity contribution >= 4 is 39.6 Å². The number of carbonyl (C=O) groups excluding carboxylic acids is 2. The Morgan fingerprint density at radius 1 is 1.12 bits per heavy atom. The smallest absolute Gasteiger partial charge is 0.274 e. The van der Waals surface area contributed by atoms with Crippen LogP contribution in [0.25, 0.3) is 0 Å². The van der Waals surface area contributed by atoms with Crippen LogP contribution < -0.4 is 10.2 Å². The maximum absolute atomic E-state index is 12.4. The predicted molar refractivity (Wildman–Crippen MR) is 96.2 cm³/mol. The summed E-state index contributed by atoms with van der Waals surface area (Å²) in [5.41, 5.74) is 2.03. The topological polar surface area (TPSA) is 65.5 Å². The first-order chi connectivity index (χ1) is 11.7. The lowest BCUT2D eigenvalue weighted by atomic mass is 10.2. The summed E-state index contributed by atoms with van der Waals surface area (Å²) < 4.78 is 0.954. The van der Waals surface area contributed by atoms with E-state index < -0.39 is 0 Å². The van der Waals surface area contributed by atoms with Gasteiger partial charge in [-0.15, -0.1) is 0 Å². The zero-order valence-corrected chi connectivity index (χ0v) is 14.6. The zero-order chi connectivity index (χ0) is 16.9. The number of aromatic nitrogens is 1. The van der Waals surface area contributed by atoms with Crippen molar-refractivity contribution in [3.8, 4) is 0 Å². The first kappa shape index (κ1) is 16.4. The molecule has 0 aliphatic carbocycles. The van der Waals surface area contributed by atoms with E-state index in [9.17, 15) is 9.59 Å². The third-order valence-corrected chi connectivity index (χ3v) is 4.44. The maximum atomic E-state index is 12.4. The Balaban J connectivity index is 1.69. The van der Waals surface area contributed by atoms with Gasteiger partial charge in [-0.2, -0.15) is 0 Å². The maximum Gasteiger partial charge on any atom is 0.274 e. The number of benzene rings is 1. The van der Waals surface area contributed by atoms with Gasteiger partial charge >= 0.3 is 0 Å². The third kappa shape index (κ3) is 3.91. The summed E-state index contributed by atoms with van der Waals surface area (Å²) in [5.74, 6) is -0.245. The minimum atomic E-state index is -0.245. The van der Waals surface area contributed by atoms with Crippen molar-refractivity contribution < 1.29 is 9.59 Å². The van der Waals surface area contributed by atoms with Gasteiger partial charge in [-0.1, -0.05) is 15.9 Å². The van der Waals surface area contributed by atoms with Gasteiger partial charge in [0.15, 0.2) is 0 Å². The van der Waals surface area contributed by atoms with Gasteiger partial charge in [-0.25, -0.2) is 0 Å². The van der Waals surface area contributed by atoms with Crippen LogP contribution in [0.3, 0.4) is 0 Å². The standard InChI is InChI=1S/C17H17BrN4O2/c18-13-1-3-14(4-2-13)20-17(24)16-11-15(5-6-19-16)22-9-7-21(12-23)8-10-22/h1-6,11-12H,7-10H2,(H,20,24). The van der Waals surface area contributed by atoms with Crippen molar-refractivity contribution in [2.24, 2.45) is 0 Å². The van der Waals surface area contributed by atoms with Crippen LogP contribution >= 0.6 is 15.9 Å². The Morgan fingerprint density at radius 2 is 1.83 bits per heavy atom. The first-order valence-corrected chi connectivity index (χ1v) is 8.42. The van der Waals surface area contributed by atoms with Crippen molar-refractivity contribution in [1.82, 2.24) is 9.88 Å². The number of pyridine rings is 1. The highest BCUT2D eigenvalue weighted by molar-refractivity contribution is 9.10. The molecule has 2 amide bonds. The molecule has 0 unspecified atom stereocenters. The number of halogens is 1. The molecule has 0 radical (unpaired) electrons. The second-order valence-electron chi connectivity index (χ2n) is 5.49. The molecule has 1 aliphatic rings. The Kier molecular flexibility index (Phi) is 5.10. The van der Waals surface area contributed by atoms with Crippen molar-refractivity contribution in [2.45, 2.75) is 0 Å². The van der Waals surface area contributed by atoms with Gasteiger partial charge in [0.1, 0.15) is 5.69 Å². The third-order valence-electron chi connectivity index (χ3n) is 3.91. The minimum Gasteiger partial charge on any atom is -0.368 e. The molecule has 6 nitrogen and oxygen atoms in total. The molecule has 1 saturated heterocycles. The van der Waals surface area contributed by atoms with Crippen LogP contribution in [-0.4, -0.2) is 48.4 Å². The summed E-state index contributed by atoms with van der Waals surface area (Å²) in [6.45, 7) is 2.87. The molecule has 124 valence electrons. The lowest BCUT2D eigenvalue weighted by molar-refractivity contribution is -0.118. The van der Waals surface area contributed by atoms with Crippen LogP contribution in [0.15, 0.2) is 47.1 Å². The van der Waals surface area contributed by atoms with E-state index >= 15 is 0 Å². The van der Waals surface area contributed by atoms with Gasteiger partial charge < -0.3 is 15.1 Å². The van der Waals surface area contributed by atoms with Crippen LogP contribution in [0.1, 0.15) is 10.5 Å². The number of anilines is 2. The van der Waals surface area contributed by atoms with Crippen LogP contribution in [0.5, 0.6) is 0 Å². The Hall–Kier alpha value is -2.41. The largest absolute Gasteiger partial charge is 0.368 e. The molecule has 0 bridgehead atoms. The van der Waals surface area contributed by atoms with E-state index in [1.807, 2.05) is 30.3 Å². The number of piperazine rings is 1. The molecule has 0 spiro atoms. The van der Waals surface area contributed by atoms with Crippen molar-refractivity contribution in [1.29, 1.82) is 0 Å². The van der Waals surface area contributed by atoms with E-state index in [-0.39, 0.29) is 5.91 Å². The molecule has 2 heterocycles. The monoisotopic (exact) mass is 388 g/mol. The van der Waals surface area contributed by atoms with Gasteiger partial charge in [0.2, 0.25) is 6.41 Å². The van der Waals surface area contributed by atoms with Gasteiger partial charge in [0.05, 0.1) is 0 Å². The van der Waals surface area contributed by atoms with Crippen LogP contribution in [0, 0.1) is 0 Å². The van der Waals surface area contributed by atoms with Gasteiger partial charge in [0.25, 0.3) is 5.91 Å². The number of rotatable bonds is 4. The van der Waals surface area contributed by atoms with E-state index in [1.54, 1.807) is 17.2 Å². The van der Waals surface area contributed by atoms with Crippen molar-refractivity contribution in [3.05, 3.63) is 52.8 Å². The summed E-state index contributed by atoms with van der Waals surface area (Å²) in [6.07, 6.45) is 2.51. The van der Waals surface area contributed by atoms with Crippen LogP contribution in [-0.2, 0) is 4.79 Å². The molecular weight excluding hydrogens is 372 g/mol.